The number of amides is 1. The van der Waals surface area contributed by atoms with Gasteiger partial charge < -0.3 is 19.7 Å². The van der Waals surface area contributed by atoms with E-state index in [1.165, 1.54) is 12.1 Å². The summed E-state index contributed by atoms with van der Waals surface area (Å²) in [5.74, 6) is -1.62. The molecule has 2 rings (SSSR count). The summed E-state index contributed by atoms with van der Waals surface area (Å²) in [4.78, 5) is 10.9. The molecule has 9 heteroatoms. The molecule has 1 aliphatic heterocycles. The van der Waals surface area contributed by atoms with E-state index in [4.69, 9.17) is 9.31 Å². The fourth-order valence-electron chi connectivity index (χ4n) is 2.08. The monoisotopic (exact) mass is 317 g/mol. The van der Waals surface area contributed by atoms with E-state index in [1.54, 1.807) is 17.4 Å². The molecule has 1 aromatic carbocycles. The lowest BCUT2D eigenvalue weighted by Gasteiger charge is -2.22. The van der Waals surface area contributed by atoms with Gasteiger partial charge in [0.15, 0.2) is 0 Å². The summed E-state index contributed by atoms with van der Waals surface area (Å²) in [6.45, 7) is -0.201. The Morgan fingerprint density at radius 3 is 2.36 bits per heavy atom. The number of halogens is 3. The topological polar surface area (TPSA) is 67.8 Å². The molecule has 0 saturated carbocycles. The summed E-state index contributed by atoms with van der Waals surface area (Å²) in [5, 5.41) is 11.8. The van der Waals surface area contributed by atoms with E-state index >= 15 is 0 Å². The zero-order valence-corrected chi connectivity index (χ0v) is 11.5. The number of aliphatic hydroxyl groups is 1. The van der Waals surface area contributed by atoms with Crippen molar-refractivity contribution < 1.29 is 32.4 Å². The Labute approximate surface area is 125 Å². The molecule has 0 aliphatic carbocycles. The Morgan fingerprint density at radius 2 is 1.86 bits per heavy atom. The number of carbonyl (C=O) groups is 1. The number of hydrogen-bond donors (Lipinski definition) is 2. The molecule has 0 spiro atoms. The average Bonchev–Trinajstić information content (AvgIpc) is 3.06. The van der Waals surface area contributed by atoms with Crippen LogP contribution in [0.1, 0.15) is 11.7 Å². The van der Waals surface area contributed by atoms with Crippen LogP contribution in [0.3, 0.4) is 0 Å². The van der Waals surface area contributed by atoms with Crippen LogP contribution in [-0.4, -0.2) is 50.5 Å². The van der Waals surface area contributed by atoms with Gasteiger partial charge in [-0.15, -0.1) is 0 Å². The zero-order valence-electron chi connectivity index (χ0n) is 11.5. The van der Waals surface area contributed by atoms with Crippen molar-refractivity contribution in [2.75, 3.05) is 19.9 Å². The third-order valence-corrected chi connectivity index (χ3v) is 3.25. The highest BCUT2D eigenvalue weighted by molar-refractivity contribution is 6.61. The number of carbonyl (C=O) groups excluding carboxylic acids is 1. The molecule has 22 heavy (non-hydrogen) atoms. The van der Waals surface area contributed by atoms with E-state index in [0.29, 0.717) is 18.8 Å². The summed E-state index contributed by atoms with van der Waals surface area (Å²) in [5.41, 5.74) is 1.01. The second-order valence-corrected chi connectivity index (χ2v) is 4.76. The highest BCUT2D eigenvalue weighted by Gasteiger charge is 2.28. The Hall–Kier alpha value is -1.58. The number of aliphatic hydroxyl groups excluding tert-OH is 1. The highest BCUT2D eigenvalue weighted by atomic mass is 19.3. The van der Waals surface area contributed by atoms with Gasteiger partial charge in [0.2, 0.25) is 0 Å². The van der Waals surface area contributed by atoms with Crippen molar-refractivity contribution in [3.05, 3.63) is 29.8 Å². The van der Waals surface area contributed by atoms with Crippen LogP contribution in [-0.2, 0) is 14.1 Å². The van der Waals surface area contributed by atoms with E-state index in [-0.39, 0.29) is 0 Å². The summed E-state index contributed by atoms with van der Waals surface area (Å²) in [7, 11) is -0.485. The van der Waals surface area contributed by atoms with Crippen LogP contribution in [0.25, 0.3) is 0 Å². The standard InChI is InChI=1S/C13H15BF3NO4/c15-7-10(18-13(20)12(16)17)11(19)8-1-3-9(4-2-8)14-21-5-6-22-14/h1-4,10-12,19H,5-7H2,(H,18,20)/t10-,11?/m1/s1. The molecule has 1 saturated heterocycles. The Balaban J connectivity index is 2.03. The Morgan fingerprint density at radius 1 is 1.27 bits per heavy atom. The van der Waals surface area contributed by atoms with Crippen LogP contribution < -0.4 is 10.8 Å². The molecule has 1 aromatic rings. The maximum atomic E-state index is 12.9. The number of alkyl halides is 3. The summed E-state index contributed by atoms with van der Waals surface area (Å²) in [6.07, 6.45) is -4.70. The van der Waals surface area contributed by atoms with E-state index in [2.05, 4.69) is 0 Å². The minimum Gasteiger partial charge on any atom is -0.405 e. The summed E-state index contributed by atoms with van der Waals surface area (Å²) in [6, 6.07) is 4.81. The average molecular weight is 317 g/mol. The van der Waals surface area contributed by atoms with Crippen LogP contribution in [0.4, 0.5) is 13.2 Å². The summed E-state index contributed by atoms with van der Waals surface area (Å²) < 4.78 is 47.8. The van der Waals surface area contributed by atoms with Crippen LogP contribution in [0, 0.1) is 0 Å². The fourth-order valence-corrected chi connectivity index (χ4v) is 2.08. The van der Waals surface area contributed by atoms with Gasteiger partial charge in [-0.25, -0.2) is 4.39 Å². The van der Waals surface area contributed by atoms with E-state index in [9.17, 15) is 23.1 Å². The first kappa shape index (κ1) is 16.8. The van der Waals surface area contributed by atoms with Crippen molar-refractivity contribution in [2.24, 2.45) is 0 Å². The normalized spacial score (nSPS) is 17.6. The van der Waals surface area contributed by atoms with Crippen molar-refractivity contribution in [3.63, 3.8) is 0 Å². The van der Waals surface area contributed by atoms with E-state index in [1.807, 2.05) is 0 Å². The first-order valence-electron chi connectivity index (χ1n) is 6.68. The van der Waals surface area contributed by atoms with Crippen LogP contribution >= 0.6 is 0 Å². The Kier molecular flexibility index (Phi) is 5.81. The lowest BCUT2D eigenvalue weighted by Crippen LogP contribution is -2.43. The largest absolute Gasteiger partial charge is 0.494 e. The Bertz CT molecular complexity index is 497. The van der Waals surface area contributed by atoms with Crippen molar-refractivity contribution in [1.82, 2.24) is 5.32 Å². The molecule has 1 amide bonds. The smallest absolute Gasteiger partial charge is 0.405 e. The fraction of sp³-hybridized carbons (Fsp3) is 0.462. The van der Waals surface area contributed by atoms with E-state index < -0.39 is 38.3 Å². The first-order valence-corrected chi connectivity index (χ1v) is 6.68. The zero-order chi connectivity index (χ0) is 16.1. The second-order valence-electron chi connectivity index (χ2n) is 4.76. The van der Waals surface area contributed by atoms with Gasteiger partial charge in [0, 0.05) is 0 Å². The minimum atomic E-state index is -3.26. The van der Waals surface area contributed by atoms with Gasteiger partial charge in [-0.1, -0.05) is 24.3 Å². The molecular weight excluding hydrogens is 302 g/mol. The predicted octanol–water partition coefficient (Wildman–Crippen LogP) is 0.181. The van der Waals surface area contributed by atoms with Crippen LogP contribution in [0.15, 0.2) is 24.3 Å². The molecule has 2 N–H and O–H groups in total. The number of benzene rings is 1. The van der Waals surface area contributed by atoms with Gasteiger partial charge in [-0.2, -0.15) is 8.78 Å². The van der Waals surface area contributed by atoms with Crippen molar-refractivity contribution in [2.45, 2.75) is 18.6 Å². The molecule has 120 valence electrons. The first-order chi connectivity index (χ1) is 10.5. The van der Waals surface area contributed by atoms with Gasteiger partial charge in [0.1, 0.15) is 12.8 Å². The van der Waals surface area contributed by atoms with Crippen LogP contribution in [0.5, 0.6) is 0 Å². The molecule has 1 unspecified atom stereocenters. The van der Waals surface area contributed by atoms with Gasteiger partial charge in [-0.05, 0) is 11.0 Å². The molecule has 0 bridgehead atoms. The third kappa shape index (κ3) is 3.99. The molecular formula is C13H15BF3NO4. The SMILES string of the molecule is O=C(N[C@H](CF)C(O)c1ccc(B2OCCO2)cc1)C(F)F. The van der Waals surface area contributed by atoms with Gasteiger partial charge in [0.25, 0.3) is 5.91 Å². The minimum absolute atomic E-state index is 0.291. The van der Waals surface area contributed by atoms with Gasteiger partial charge in [0.05, 0.1) is 19.3 Å². The van der Waals surface area contributed by atoms with Crippen molar-refractivity contribution in [3.8, 4) is 0 Å². The molecule has 1 aliphatic rings. The molecule has 1 fully saturated rings. The third-order valence-electron chi connectivity index (χ3n) is 3.25. The van der Waals surface area contributed by atoms with Crippen LogP contribution in [0.2, 0.25) is 0 Å². The molecule has 0 radical (unpaired) electrons. The number of rotatable bonds is 6. The quantitative estimate of drug-likeness (QED) is 0.735. The molecule has 0 aromatic heterocycles. The summed E-state index contributed by atoms with van der Waals surface area (Å²) >= 11 is 0. The molecule has 5 nitrogen and oxygen atoms in total. The van der Waals surface area contributed by atoms with Crippen molar-refractivity contribution in [1.29, 1.82) is 0 Å². The predicted molar refractivity (Wildman–Crippen MR) is 72.6 cm³/mol. The second kappa shape index (κ2) is 7.62. The number of nitrogens with one attached hydrogen (secondary N) is 1. The maximum Gasteiger partial charge on any atom is 0.494 e. The highest BCUT2D eigenvalue weighted by Crippen LogP contribution is 2.17. The van der Waals surface area contributed by atoms with E-state index in [0.717, 1.165) is 5.46 Å². The van der Waals surface area contributed by atoms with Gasteiger partial charge >= 0.3 is 13.5 Å². The van der Waals surface area contributed by atoms with Gasteiger partial charge in [-0.3, -0.25) is 4.79 Å². The molecule has 2 atom stereocenters. The lowest BCUT2D eigenvalue weighted by atomic mass is 9.79. The number of hydrogen-bond acceptors (Lipinski definition) is 4. The molecule has 1 heterocycles. The maximum absolute atomic E-state index is 12.9. The van der Waals surface area contributed by atoms with Crippen molar-refractivity contribution >= 4 is 18.5 Å². The lowest BCUT2D eigenvalue weighted by molar-refractivity contribution is -0.133.